The van der Waals surface area contributed by atoms with Gasteiger partial charge in [0, 0.05) is 50.4 Å². The third kappa shape index (κ3) is 6.49. The van der Waals surface area contributed by atoms with Gasteiger partial charge in [-0.25, -0.2) is 4.98 Å². The molecule has 0 atom stereocenters. The zero-order valence-electron chi connectivity index (χ0n) is 18.5. The van der Waals surface area contributed by atoms with Crippen LogP contribution in [-0.2, 0) is 0 Å². The average molecular weight is 435 g/mol. The smallest absolute Gasteiger partial charge is 0.406 e. The van der Waals surface area contributed by atoms with Gasteiger partial charge in [-0.15, -0.1) is 13.2 Å². The van der Waals surface area contributed by atoms with Crippen molar-refractivity contribution in [3.8, 4) is 29.0 Å². The quantitative estimate of drug-likeness (QED) is 0.574. The highest BCUT2D eigenvalue weighted by atomic mass is 19.4. The lowest BCUT2D eigenvalue weighted by Gasteiger charge is -2.29. The number of halogens is 3. The van der Waals surface area contributed by atoms with Crippen molar-refractivity contribution in [3.05, 3.63) is 29.8 Å². The predicted octanol–water partition coefficient (Wildman–Crippen LogP) is 4.20. The summed E-state index contributed by atoms with van der Waals surface area (Å²) in [6.45, 7) is 10.8. The zero-order valence-corrected chi connectivity index (χ0v) is 18.5. The van der Waals surface area contributed by atoms with Crippen LogP contribution in [0.25, 0.3) is 11.3 Å². The van der Waals surface area contributed by atoms with Gasteiger partial charge in [0.2, 0.25) is 5.95 Å². The first-order valence-corrected chi connectivity index (χ1v) is 10.1. The molecule has 6 nitrogen and oxygen atoms in total. The number of anilines is 2. The standard InChI is InChI=1S/C20H22F3N5O.C2H6/c1-4-11-27(3)18-14(2)17(25-19(26-18)28-12-9-24-10-13-28)15-5-7-16(8-6-15)29-20(21,22)23;1-2/h5-8,24H,9-10,12-13H2,1-3H3;1-2H3. The van der Waals surface area contributed by atoms with Gasteiger partial charge in [0.15, 0.2) is 0 Å². The number of hydrogen-bond acceptors (Lipinski definition) is 6. The molecular weight excluding hydrogens is 407 g/mol. The van der Waals surface area contributed by atoms with Crippen LogP contribution in [0.1, 0.15) is 26.3 Å². The van der Waals surface area contributed by atoms with Gasteiger partial charge < -0.3 is 15.0 Å². The first-order chi connectivity index (χ1) is 14.8. The van der Waals surface area contributed by atoms with Gasteiger partial charge in [0.25, 0.3) is 0 Å². The van der Waals surface area contributed by atoms with E-state index in [-0.39, 0.29) is 5.75 Å². The van der Waals surface area contributed by atoms with Gasteiger partial charge >= 0.3 is 6.36 Å². The SMILES string of the molecule is CC.CC#CN(C)c1nc(N2CCNCC2)nc(-c2ccc(OC(F)(F)F)cc2)c1C. The molecule has 31 heavy (non-hydrogen) atoms. The third-order valence-corrected chi connectivity index (χ3v) is 4.47. The molecular formula is C22H28F3N5O. The normalized spacial score (nSPS) is 13.5. The lowest BCUT2D eigenvalue weighted by molar-refractivity contribution is -0.274. The Morgan fingerprint density at radius 1 is 1.10 bits per heavy atom. The van der Waals surface area contributed by atoms with Crippen LogP contribution in [0.15, 0.2) is 24.3 Å². The highest BCUT2D eigenvalue weighted by molar-refractivity contribution is 5.71. The number of hydrogen-bond donors (Lipinski definition) is 1. The second-order valence-corrected chi connectivity index (χ2v) is 6.55. The Kier molecular flexibility index (Phi) is 8.51. The summed E-state index contributed by atoms with van der Waals surface area (Å²) in [4.78, 5) is 13.2. The van der Waals surface area contributed by atoms with Crippen molar-refractivity contribution in [2.24, 2.45) is 0 Å². The van der Waals surface area contributed by atoms with Gasteiger partial charge in [0.05, 0.1) is 5.69 Å². The number of aromatic nitrogens is 2. The first kappa shape index (κ1) is 24.3. The first-order valence-electron chi connectivity index (χ1n) is 10.1. The Labute approximate surface area is 181 Å². The maximum Gasteiger partial charge on any atom is 0.573 e. The number of piperazine rings is 1. The molecule has 9 heteroatoms. The minimum Gasteiger partial charge on any atom is -0.406 e. The van der Waals surface area contributed by atoms with E-state index in [4.69, 9.17) is 9.97 Å². The fourth-order valence-electron chi connectivity index (χ4n) is 3.14. The van der Waals surface area contributed by atoms with E-state index in [9.17, 15) is 13.2 Å². The molecule has 0 spiro atoms. The minimum atomic E-state index is -4.73. The van der Waals surface area contributed by atoms with Crippen LogP contribution in [-0.4, -0.2) is 49.6 Å². The molecule has 1 fully saturated rings. The summed E-state index contributed by atoms with van der Waals surface area (Å²) in [5.74, 6) is 3.81. The number of alkyl halides is 3. The fraction of sp³-hybridized carbons (Fsp3) is 0.455. The zero-order chi connectivity index (χ0) is 23.0. The van der Waals surface area contributed by atoms with Crippen LogP contribution < -0.4 is 19.9 Å². The minimum absolute atomic E-state index is 0.274. The fourth-order valence-corrected chi connectivity index (χ4v) is 3.14. The summed E-state index contributed by atoms with van der Waals surface area (Å²) in [6.07, 6.45) is -4.73. The van der Waals surface area contributed by atoms with Gasteiger partial charge in [-0.05, 0) is 38.1 Å². The Morgan fingerprint density at radius 3 is 2.26 bits per heavy atom. The summed E-state index contributed by atoms with van der Waals surface area (Å²) in [7, 11) is 1.82. The molecule has 1 aromatic carbocycles. The molecule has 0 saturated carbocycles. The molecule has 2 aromatic rings. The molecule has 0 aliphatic carbocycles. The molecule has 0 amide bonds. The van der Waals surface area contributed by atoms with E-state index in [0.29, 0.717) is 23.0 Å². The molecule has 1 aromatic heterocycles. The van der Waals surface area contributed by atoms with Crippen LogP contribution >= 0.6 is 0 Å². The van der Waals surface area contributed by atoms with Crippen molar-refractivity contribution < 1.29 is 17.9 Å². The molecule has 3 rings (SSSR count). The number of nitrogens with zero attached hydrogens (tertiary/aromatic N) is 4. The lowest BCUT2D eigenvalue weighted by Crippen LogP contribution is -2.44. The van der Waals surface area contributed by atoms with Crippen molar-refractivity contribution in [3.63, 3.8) is 0 Å². The molecule has 168 valence electrons. The topological polar surface area (TPSA) is 53.5 Å². The Bertz CT molecular complexity index is 914. The summed E-state index contributed by atoms with van der Waals surface area (Å²) in [6, 6.07) is 8.65. The Balaban J connectivity index is 0.00000166. The summed E-state index contributed by atoms with van der Waals surface area (Å²) < 4.78 is 41.3. The van der Waals surface area contributed by atoms with E-state index in [0.717, 1.165) is 31.7 Å². The largest absolute Gasteiger partial charge is 0.573 e. The summed E-state index contributed by atoms with van der Waals surface area (Å²) in [5, 5.41) is 3.29. The van der Waals surface area contributed by atoms with Gasteiger partial charge in [0.1, 0.15) is 11.6 Å². The van der Waals surface area contributed by atoms with Crippen molar-refractivity contribution in [2.75, 3.05) is 43.0 Å². The summed E-state index contributed by atoms with van der Waals surface area (Å²) in [5.41, 5.74) is 2.11. The molecule has 1 N–H and O–H groups in total. The van der Waals surface area contributed by atoms with Gasteiger partial charge in [-0.3, -0.25) is 4.90 Å². The molecule has 1 aliphatic rings. The number of ether oxygens (including phenoxy) is 1. The number of nitrogens with one attached hydrogen (secondary N) is 1. The van der Waals surface area contributed by atoms with Crippen LogP contribution in [0.2, 0.25) is 0 Å². The van der Waals surface area contributed by atoms with E-state index >= 15 is 0 Å². The third-order valence-electron chi connectivity index (χ3n) is 4.47. The van der Waals surface area contributed by atoms with Crippen molar-refractivity contribution in [1.82, 2.24) is 15.3 Å². The van der Waals surface area contributed by atoms with Crippen LogP contribution in [0.5, 0.6) is 5.75 Å². The molecule has 0 radical (unpaired) electrons. The monoisotopic (exact) mass is 435 g/mol. The Morgan fingerprint density at radius 2 is 1.71 bits per heavy atom. The number of benzene rings is 1. The molecule has 2 heterocycles. The average Bonchev–Trinajstić information content (AvgIpc) is 2.76. The lowest BCUT2D eigenvalue weighted by atomic mass is 10.1. The highest BCUT2D eigenvalue weighted by Gasteiger charge is 2.31. The second-order valence-electron chi connectivity index (χ2n) is 6.55. The highest BCUT2D eigenvalue weighted by Crippen LogP contribution is 2.32. The molecule has 0 unspecified atom stereocenters. The van der Waals surface area contributed by atoms with Crippen LogP contribution in [0.3, 0.4) is 0 Å². The maximum atomic E-state index is 12.4. The van der Waals surface area contributed by atoms with E-state index in [1.54, 1.807) is 24.0 Å². The maximum absolute atomic E-state index is 12.4. The molecule has 0 bridgehead atoms. The van der Waals surface area contributed by atoms with E-state index in [1.807, 2.05) is 27.8 Å². The second kappa shape index (κ2) is 10.9. The van der Waals surface area contributed by atoms with Gasteiger partial charge in [-0.1, -0.05) is 19.8 Å². The van der Waals surface area contributed by atoms with Crippen LogP contribution in [0, 0.1) is 18.9 Å². The molecule has 1 saturated heterocycles. The van der Waals surface area contributed by atoms with E-state index in [2.05, 4.69) is 26.9 Å². The van der Waals surface area contributed by atoms with Crippen molar-refractivity contribution >= 4 is 11.8 Å². The van der Waals surface area contributed by atoms with Crippen molar-refractivity contribution in [1.29, 1.82) is 0 Å². The van der Waals surface area contributed by atoms with Crippen LogP contribution in [0.4, 0.5) is 24.9 Å². The molecule has 1 aliphatic heterocycles. The van der Waals surface area contributed by atoms with E-state index in [1.165, 1.54) is 12.1 Å². The number of rotatable bonds is 4. The predicted molar refractivity (Wildman–Crippen MR) is 117 cm³/mol. The van der Waals surface area contributed by atoms with Gasteiger partial charge in [-0.2, -0.15) is 4.98 Å². The van der Waals surface area contributed by atoms with Crippen molar-refractivity contribution in [2.45, 2.75) is 34.1 Å². The Hall–Kier alpha value is -2.99. The summed E-state index contributed by atoms with van der Waals surface area (Å²) >= 11 is 0. The van der Waals surface area contributed by atoms with E-state index < -0.39 is 6.36 Å².